The van der Waals surface area contributed by atoms with Crippen LogP contribution in [-0.2, 0) is 14.4 Å². The van der Waals surface area contributed by atoms with Gasteiger partial charge in [-0.2, -0.15) is 4.79 Å². The Kier molecular flexibility index (Phi) is 2.57. The first-order valence-corrected chi connectivity index (χ1v) is 5.34. The third-order valence-corrected chi connectivity index (χ3v) is 3.07. The first-order chi connectivity index (χ1) is 7.86. The summed E-state index contributed by atoms with van der Waals surface area (Å²) in [5.74, 6) is 0.224. The zero-order chi connectivity index (χ0) is 12.8. The van der Waals surface area contributed by atoms with Crippen molar-refractivity contribution in [3.63, 3.8) is 0 Å². The van der Waals surface area contributed by atoms with Crippen molar-refractivity contribution in [2.24, 2.45) is 11.1 Å². The van der Waals surface area contributed by atoms with Gasteiger partial charge in [0, 0.05) is 11.3 Å². The molecule has 1 aliphatic heterocycles. The molecule has 0 bridgehead atoms. The molecule has 7 nitrogen and oxygen atoms in total. The quantitative estimate of drug-likeness (QED) is 0.522. The predicted octanol–water partition coefficient (Wildman–Crippen LogP) is -0.268. The fraction of sp³-hybridized carbons (Fsp3) is 0.700. The first-order valence-electron chi connectivity index (χ1n) is 5.34. The van der Waals surface area contributed by atoms with Crippen molar-refractivity contribution in [2.45, 2.75) is 32.4 Å². The molecule has 0 aromatic heterocycles. The van der Waals surface area contributed by atoms with Gasteiger partial charge in [0.2, 0.25) is 5.78 Å². The molecule has 1 heterocycles. The Labute approximate surface area is 97.8 Å². The lowest BCUT2D eigenvalue weighted by molar-refractivity contribution is -0.777. The Morgan fingerprint density at radius 3 is 2.82 bits per heavy atom. The van der Waals surface area contributed by atoms with E-state index in [4.69, 9.17) is 15.6 Å². The maximum Gasteiger partial charge on any atom is 0.569 e. The number of hydrogen-bond donors (Lipinski definition) is 2. The monoisotopic (exact) mass is 243 g/mol. The molecule has 0 aromatic carbocycles. The van der Waals surface area contributed by atoms with Crippen LogP contribution >= 0.6 is 0 Å². The molecule has 3 N–H and O–H groups in total. The summed E-state index contributed by atoms with van der Waals surface area (Å²) in [6.07, 6.45) is -1.50. The van der Waals surface area contributed by atoms with Crippen molar-refractivity contribution >= 4 is 17.8 Å². The minimum absolute atomic E-state index is 0.0842. The maximum absolute atomic E-state index is 11.4. The van der Waals surface area contributed by atoms with Crippen LogP contribution in [0, 0.1) is 5.41 Å². The van der Waals surface area contributed by atoms with Crippen LogP contribution in [0.4, 0.5) is 4.79 Å². The Balaban J connectivity index is 2.36. The normalized spacial score (nSPS) is 27.4. The van der Waals surface area contributed by atoms with Gasteiger partial charge >= 0.3 is 18.1 Å². The molecular weight excluding hydrogens is 228 g/mol. The van der Waals surface area contributed by atoms with Gasteiger partial charge < -0.3 is 15.6 Å². The standard InChI is InChI=1S/C10H14N2O5/c1-10(2,4-11)8-12(17-9(14)15)7-5(13)3-6(7)16-8/h6-7H,3-4,11H2,1-2H3/p+1. The van der Waals surface area contributed by atoms with Crippen molar-refractivity contribution in [2.75, 3.05) is 6.54 Å². The molecule has 2 rings (SSSR count). The number of hydroxylamine groups is 1. The van der Waals surface area contributed by atoms with Gasteiger partial charge in [0.05, 0.1) is 6.42 Å². The molecule has 2 unspecified atom stereocenters. The van der Waals surface area contributed by atoms with E-state index in [1.165, 1.54) is 0 Å². The van der Waals surface area contributed by atoms with Crippen molar-refractivity contribution in [3.05, 3.63) is 0 Å². The molecule has 7 heteroatoms. The molecule has 1 aliphatic carbocycles. The molecule has 2 atom stereocenters. The Hall–Kier alpha value is -1.63. The first kappa shape index (κ1) is 11.8. The highest BCUT2D eigenvalue weighted by Crippen LogP contribution is 2.33. The average molecular weight is 243 g/mol. The van der Waals surface area contributed by atoms with E-state index in [0.717, 1.165) is 4.74 Å². The molecule has 2 aliphatic rings. The summed E-state index contributed by atoms with van der Waals surface area (Å²) in [4.78, 5) is 26.7. The lowest BCUT2D eigenvalue weighted by Gasteiger charge is -2.21. The zero-order valence-electron chi connectivity index (χ0n) is 9.67. The molecule has 1 fully saturated rings. The van der Waals surface area contributed by atoms with Crippen LogP contribution in [0.25, 0.3) is 0 Å². The number of nitrogens with two attached hydrogens (primary N) is 1. The Morgan fingerprint density at radius 1 is 1.71 bits per heavy atom. The van der Waals surface area contributed by atoms with Crippen LogP contribution in [0.3, 0.4) is 0 Å². The Morgan fingerprint density at radius 2 is 2.35 bits per heavy atom. The van der Waals surface area contributed by atoms with Gasteiger partial charge in [-0.15, -0.1) is 4.84 Å². The van der Waals surface area contributed by atoms with Gasteiger partial charge in [-0.3, -0.25) is 4.79 Å². The number of ether oxygens (including phenoxy) is 1. The predicted molar refractivity (Wildman–Crippen MR) is 55.5 cm³/mol. The van der Waals surface area contributed by atoms with E-state index in [9.17, 15) is 9.59 Å². The minimum atomic E-state index is -1.47. The lowest BCUT2D eigenvalue weighted by atomic mass is 9.88. The van der Waals surface area contributed by atoms with Crippen LogP contribution in [0.1, 0.15) is 20.3 Å². The van der Waals surface area contributed by atoms with Crippen molar-refractivity contribution in [1.82, 2.24) is 0 Å². The number of fused-ring (bicyclic) bond motifs is 1. The summed E-state index contributed by atoms with van der Waals surface area (Å²) in [6.45, 7) is 3.86. The topological polar surface area (TPSA) is 102 Å². The summed E-state index contributed by atoms with van der Waals surface area (Å²) >= 11 is 0. The second-order valence-electron chi connectivity index (χ2n) is 4.85. The second kappa shape index (κ2) is 3.69. The molecule has 1 saturated carbocycles. The van der Waals surface area contributed by atoms with E-state index in [1.807, 2.05) is 0 Å². The highest BCUT2D eigenvalue weighted by molar-refractivity contribution is 5.94. The summed E-state index contributed by atoms with van der Waals surface area (Å²) in [5.41, 5.74) is 5.03. The van der Waals surface area contributed by atoms with Crippen LogP contribution in [0.15, 0.2) is 0 Å². The van der Waals surface area contributed by atoms with Crippen LogP contribution in [0.2, 0.25) is 0 Å². The van der Waals surface area contributed by atoms with Gasteiger partial charge in [0.15, 0.2) is 6.10 Å². The average Bonchev–Trinajstić information content (AvgIpc) is 2.49. The summed E-state index contributed by atoms with van der Waals surface area (Å²) in [6, 6.07) is -0.646. The lowest BCUT2D eigenvalue weighted by Crippen LogP contribution is -2.51. The third kappa shape index (κ3) is 1.76. The molecule has 17 heavy (non-hydrogen) atoms. The number of carboxylic acid groups (broad SMARTS) is 1. The van der Waals surface area contributed by atoms with Gasteiger partial charge in [-0.05, 0) is 13.8 Å². The minimum Gasteiger partial charge on any atom is -0.446 e. The smallest absolute Gasteiger partial charge is 0.446 e. The van der Waals surface area contributed by atoms with Gasteiger partial charge in [0.25, 0.3) is 0 Å². The fourth-order valence-electron chi connectivity index (χ4n) is 1.91. The summed E-state index contributed by atoms with van der Waals surface area (Å²) < 4.78 is 6.60. The van der Waals surface area contributed by atoms with Crippen molar-refractivity contribution in [3.8, 4) is 0 Å². The van der Waals surface area contributed by atoms with Crippen LogP contribution < -0.4 is 5.73 Å². The maximum atomic E-state index is 11.4. The van der Waals surface area contributed by atoms with Crippen LogP contribution in [-0.4, -0.2) is 46.4 Å². The number of ketones is 1. The zero-order valence-corrected chi connectivity index (χ0v) is 9.67. The van der Waals surface area contributed by atoms with Gasteiger partial charge in [-0.25, -0.2) is 0 Å². The second-order valence-corrected chi connectivity index (χ2v) is 4.85. The number of carbonyl (C=O) groups is 2. The Bertz CT molecular complexity index is 415. The highest BCUT2D eigenvalue weighted by Gasteiger charge is 2.63. The molecule has 94 valence electrons. The molecule has 0 radical (unpaired) electrons. The fourth-order valence-corrected chi connectivity index (χ4v) is 1.91. The largest absolute Gasteiger partial charge is 0.569 e. The molecule has 0 saturated heterocycles. The van der Waals surface area contributed by atoms with Crippen molar-refractivity contribution in [1.29, 1.82) is 0 Å². The van der Waals surface area contributed by atoms with Crippen LogP contribution in [0.5, 0.6) is 0 Å². The van der Waals surface area contributed by atoms with E-state index in [1.54, 1.807) is 13.8 Å². The number of carbonyl (C=O) groups excluding carboxylic acids is 1. The molecule has 0 amide bonds. The number of hydrogen-bond acceptors (Lipinski definition) is 5. The van der Waals surface area contributed by atoms with E-state index in [2.05, 4.69) is 4.84 Å². The van der Waals surface area contributed by atoms with E-state index in [-0.39, 0.29) is 24.9 Å². The van der Waals surface area contributed by atoms with Gasteiger partial charge in [0.1, 0.15) is 5.41 Å². The molecule has 0 aromatic rings. The SMILES string of the molecule is CC(C)(CN)C1=[N+](OC(=O)O)C2C(=O)CC2O1. The summed E-state index contributed by atoms with van der Waals surface area (Å²) in [5, 5.41) is 8.67. The number of Topliss-reactive ketones (excluding diaryl/α,β-unsaturated/α-hetero) is 1. The van der Waals surface area contributed by atoms with E-state index >= 15 is 0 Å². The van der Waals surface area contributed by atoms with Gasteiger partial charge in [-0.1, -0.05) is 0 Å². The summed E-state index contributed by atoms with van der Waals surface area (Å²) in [7, 11) is 0. The highest BCUT2D eigenvalue weighted by atomic mass is 16.8. The number of nitrogens with zero attached hydrogens (tertiary/aromatic N) is 1. The van der Waals surface area contributed by atoms with E-state index < -0.39 is 17.6 Å². The van der Waals surface area contributed by atoms with Crippen molar-refractivity contribution < 1.29 is 29.0 Å². The number of rotatable bonds is 3. The van der Waals surface area contributed by atoms with E-state index in [0.29, 0.717) is 5.90 Å². The molecular formula is C10H15N2O5+. The third-order valence-electron chi connectivity index (χ3n) is 3.07. The molecule has 0 spiro atoms.